The van der Waals surface area contributed by atoms with E-state index >= 15 is 0 Å². The smallest absolute Gasteiger partial charge is 0.287 e. The Labute approximate surface area is 192 Å². The van der Waals surface area contributed by atoms with E-state index in [9.17, 15) is 13.2 Å². The van der Waals surface area contributed by atoms with Crippen LogP contribution in [0.25, 0.3) is 0 Å². The molecule has 1 amide bonds. The van der Waals surface area contributed by atoms with Gasteiger partial charge in [-0.05, 0) is 47.9 Å². The van der Waals surface area contributed by atoms with Gasteiger partial charge in [0.15, 0.2) is 27.1 Å². The summed E-state index contributed by atoms with van der Waals surface area (Å²) in [5.41, 5.74) is 1.49. The van der Waals surface area contributed by atoms with Gasteiger partial charge in [-0.25, -0.2) is 8.42 Å². The molecule has 0 aliphatic heterocycles. The van der Waals surface area contributed by atoms with Gasteiger partial charge < -0.3 is 19.2 Å². The zero-order valence-corrected chi connectivity index (χ0v) is 19.3. The molecule has 0 spiro atoms. The number of carbonyl (C=O) groups excluding carboxylic acids is 1. The minimum absolute atomic E-state index is 0.0558. The monoisotopic (exact) mass is 477 g/mol. The Morgan fingerprint density at radius 1 is 1.00 bits per heavy atom. The fraction of sp³-hybridized carbons (Fsp3) is 0.261. The van der Waals surface area contributed by atoms with E-state index in [1.165, 1.54) is 12.1 Å². The molecule has 0 bridgehead atoms. The highest BCUT2D eigenvalue weighted by molar-refractivity contribution is 7.89. The second kappa shape index (κ2) is 10.6. The van der Waals surface area contributed by atoms with E-state index in [2.05, 4.69) is 5.32 Å². The van der Waals surface area contributed by atoms with Crippen LogP contribution >= 0.6 is 11.6 Å². The molecule has 0 radical (unpaired) electrons. The molecule has 9 heteroatoms. The standard InChI is InChI=1S/C23H24ClNO6S/c1-29-20-9-7-16(13-22(20)30-2)11-12-25-23(26)21-10-8-18(31-21)15-32(27,28)14-17-5-3-4-6-19(17)24/h3-10,13H,11-12,14-15H2,1-2H3,(H,25,26). The molecule has 7 nitrogen and oxygen atoms in total. The van der Waals surface area contributed by atoms with Gasteiger partial charge in [0.2, 0.25) is 0 Å². The molecule has 32 heavy (non-hydrogen) atoms. The maximum Gasteiger partial charge on any atom is 0.287 e. The first-order valence-electron chi connectivity index (χ1n) is 9.83. The summed E-state index contributed by atoms with van der Waals surface area (Å²) in [6.45, 7) is 0.370. The molecule has 0 atom stereocenters. The van der Waals surface area contributed by atoms with Crippen molar-refractivity contribution in [3.8, 4) is 11.5 Å². The van der Waals surface area contributed by atoms with Crippen LogP contribution in [0.1, 0.15) is 27.4 Å². The molecule has 1 heterocycles. The molecule has 0 aliphatic rings. The van der Waals surface area contributed by atoms with Gasteiger partial charge in [-0.3, -0.25) is 4.79 Å². The van der Waals surface area contributed by atoms with Crippen molar-refractivity contribution in [1.29, 1.82) is 0 Å². The van der Waals surface area contributed by atoms with Gasteiger partial charge in [0.05, 0.1) is 20.0 Å². The van der Waals surface area contributed by atoms with Crippen molar-refractivity contribution in [3.63, 3.8) is 0 Å². The fourth-order valence-corrected chi connectivity index (χ4v) is 4.84. The van der Waals surface area contributed by atoms with Crippen molar-refractivity contribution in [2.24, 2.45) is 0 Å². The zero-order valence-electron chi connectivity index (χ0n) is 17.8. The van der Waals surface area contributed by atoms with E-state index in [1.54, 1.807) is 44.6 Å². The number of amides is 1. The number of hydrogen-bond donors (Lipinski definition) is 1. The van der Waals surface area contributed by atoms with E-state index in [0.29, 0.717) is 35.1 Å². The van der Waals surface area contributed by atoms with Crippen LogP contribution in [-0.4, -0.2) is 35.1 Å². The normalized spacial score (nSPS) is 11.2. The minimum Gasteiger partial charge on any atom is -0.493 e. The Morgan fingerprint density at radius 3 is 2.47 bits per heavy atom. The number of methoxy groups -OCH3 is 2. The third-order valence-electron chi connectivity index (χ3n) is 4.73. The maximum absolute atomic E-state index is 12.5. The van der Waals surface area contributed by atoms with Crippen molar-refractivity contribution in [1.82, 2.24) is 5.32 Å². The number of ether oxygens (including phenoxy) is 2. The molecule has 1 N–H and O–H groups in total. The van der Waals surface area contributed by atoms with Gasteiger partial charge in [-0.2, -0.15) is 0 Å². The summed E-state index contributed by atoms with van der Waals surface area (Å²) in [5, 5.41) is 3.16. The molecule has 3 aromatic rings. The molecule has 0 unspecified atom stereocenters. The summed E-state index contributed by atoms with van der Waals surface area (Å²) in [6, 6.07) is 15.3. The Bertz CT molecular complexity index is 1190. The van der Waals surface area contributed by atoms with Crippen LogP contribution in [0.5, 0.6) is 11.5 Å². The molecule has 2 aromatic carbocycles. The molecule has 3 rings (SSSR count). The van der Waals surface area contributed by atoms with Gasteiger partial charge in [0.1, 0.15) is 11.5 Å². The van der Waals surface area contributed by atoms with Crippen molar-refractivity contribution in [2.75, 3.05) is 20.8 Å². The predicted molar refractivity (Wildman–Crippen MR) is 122 cm³/mol. The van der Waals surface area contributed by atoms with Crippen molar-refractivity contribution >= 4 is 27.3 Å². The molecule has 1 aromatic heterocycles. The number of rotatable bonds is 10. The number of hydrogen-bond acceptors (Lipinski definition) is 6. The van der Waals surface area contributed by atoms with Crippen LogP contribution in [0, 0.1) is 0 Å². The number of halogens is 1. The summed E-state index contributed by atoms with van der Waals surface area (Å²) in [6.07, 6.45) is 0.575. The van der Waals surface area contributed by atoms with Gasteiger partial charge in [0, 0.05) is 11.6 Å². The van der Waals surface area contributed by atoms with Crippen LogP contribution in [0.3, 0.4) is 0 Å². The average molecular weight is 478 g/mol. The third kappa shape index (κ3) is 6.27. The molecule has 0 aliphatic carbocycles. The molecular weight excluding hydrogens is 454 g/mol. The molecular formula is C23H24ClNO6S. The Morgan fingerprint density at radius 2 is 1.75 bits per heavy atom. The SMILES string of the molecule is COc1ccc(CCNC(=O)c2ccc(CS(=O)(=O)Cc3ccccc3Cl)o2)cc1OC. The van der Waals surface area contributed by atoms with Gasteiger partial charge >= 0.3 is 0 Å². The first-order valence-corrected chi connectivity index (χ1v) is 12.0. The lowest BCUT2D eigenvalue weighted by molar-refractivity contribution is 0.0925. The highest BCUT2D eigenvalue weighted by Crippen LogP contribution is 2.27. The second-order valence-corrected chi connectivity index (χ2v) is 9.56. The van der Waals surface area contributed by atoms with Crippen LogP contribution < -0.4 is 14.8 Å². The highest BCUT2D eigenvalue weighted by Gasteiger charge is 2.19. The summed E-state index contributed by atoms with van der Waals surface area (Å²) < 4.78 is 40.9. The average Bonchev–Trinajstić information content (AvgIpc) is 3.22. The molecule has 0 saturated carbocycles. The first kappa shape index (κ1) is 23.7. The number of carbonyl (C=O) groups is 1. The lowest BCUT2D eigenvalue weighted by atomic mass is 10.1. The predicted octanol–water partition coefficient (Wildman–Crippen LogP) is 4.04. The van der Waals surface area contributed by atoms with Gasteiger partial charge in [-0.1, -0.05) is 35.9 Å². The van der Waals surface area contributed by atoms with E-state index in [1.807, 2.05) is 12.1 Å². The van der Waals surface area contributed by atoms with E-state index in [4.69, 9.17) is 25.5 Å². The van der Waals surface area contributed by atoms with Crippen LogP contribution in [0.4, 0.5) is 0 Å². The Hall–Kier alpha value is -2.97. The number of sulfone groups is 1. The van der Waals surface area contributed by atoms with Crippen LogP contribution in [0.2, 0.25) is 5.02 Å². The van der Waals surface area contributed by atoms with Crippen LogP contribution in [0.15, 0.2) is 59.0 Å². The Balaban J connectivity index is 1.55. The van der Waals surface area contributed by atoms with E-state index in [-0.39, 0.29) is 23.0 Å². The topological polar surface area (TPSA) is 94.8 Å². The van der Waals surface area contributed by atoms with Crippen molar-refractivity contribution in [3.05, 3.63) is 82.3 Å². The minimum atomic E-state index is -3.52. The largest absolute Gasteiger partial charge is 0.493 e. The molecule has 170 valence electrons. The van der Waals surface area contributed by atoms with Crippen molar-refractivity contribution in [2.45, 2.75) is 17.9 Å². The van der Waals surface area contributed by atoms with Gasteiger partial charge in [-0.15, -0.1) is 0 Å². The van der Waals surface area contributed by atoms with E-state index < -0.39 is 15.7 Å². The third-order valence-corrected chi connectivity index (χ3v) is 6.57. The summed E-state index contributed by atoms with van der Waals surface area (Å²) in [4.78, 5) is 12.4. The zero-order chi connectivity index (χ0) is 23.1. The molecule has 0 fully saturated rings. The summed E-state index contributed by atoms with van der Waals surface area (Å²) in [5.74, 6) is 0.553. The Kier molecular flexibility index (Phi) is 7.82. The first-order chi connectivity index (χ1) is 15.3. The van der Waals surface area contributed by atoms with Crippen LogP contribution in [-0.2, 0) is 27.8 Å². The maximum atomic E-state index is 12.5. The summed E-state index contributed by atoms with van der Waals surface area (Å²) >= 11 is 6.05. The number of benzene rings is 2. The number of furan rings is 1. The second-order valence-electron chi connectivity index (χ2n) is 7.08. The quantitative estimate of drug-likeness (QED) is 0.473. The highest BCUT2D eigenvalue weighted by atomic mass is 35.5. The van der Waals surface area contributed by atoms with Gasteiger partial charge in [0.25, 0.3) is 5.91 Å². The lowest BCUT2D eigenvalue weighted by Crippen LogP contribution is -2.25. The molecule has 0 saturated heterocycles. The summed E-state index contributed by atoms with van der Waals surface area (Å²) in [7, 11) is -0.391. The lowest BCUT2D eigenvalue weighted by Gasteiger charge is -2.09. The van der Waals surface area contributed by atoms with E-state index in [0.717, 1.165) is 5.56 Å². The fourth-order valence-electron chi connectivity index (χ4n) is 3.14. The van der Waals surface area contributed by atoms with Crippen molar-refractivity contribution < 1.29 is 27.1 Å². The number of nitrogens with one attached hydrogen (secondary N) is 1.